The summed E-state index contributed by atoms with van der Waals surface area (Å²) in [5.41, 5.74) is 1.88. The van der Waals surface area contributed by atoms with Crippen molar-refractivity contribution in [2.24, 2.45) is 0 Å². The molecule has 0 atom stereocenters. The van der Waals surface area contributed by atoms with Gasteiger partial charge in [0, 0.05) is 6.20 Å². The average molecular weight is 256 g/mol. The van der Waals surface area contributed by atoms with E-state index in [1.165, 1.54) is 5.56 Å². The summed E-state index contributed by atoms with van der Waals surface area (Å²) in [6.07, 6.45) is 4.49. The Morgan fingerprint density at radius 2 is 2.00 bits per heavy atom. The first-order chi connectivity index (χ1) is 9.34. The molecule has 2 rings (SSSR count). The topological polar surface area (TPSA) is 51.2 Å². The van der Waals surface area contributed by atoms with Crippen molar-refractivity contribution in [3.63, 3.8) is 0 Å². The minimum atomic E-state index is -0.443. The van der Waals surface area contributed by atoms with E-state index < -0.39 is 6.09 Å². The third kappa shape index (κ3) is 4.79. The fourth-order valence-corrected chi connectivity index (χ4v) is 1.68. The predicted molar refractivity (Wildman–Crippen MR) is 74.0 cm³/mol. The fourth-order valence-electron chi connectivity index (χ4n) is 1.68. The van der Waals surface area contributed by atoms with Crippen LogP contribution in [0.25, 0.3) is 0 Å². The number of ether oxygens (including phenoxy) is 1. The lowest BCUT2D eigenvalue weighted by molar-refractivity contribution is 0.160. The minimum absolute atomic E-state index is 0.404. The zero-order valence-electron chi connectivity index (χ0n) is 10.6. The van der Waals surface area contributed by atoms with E-state index >= 15 is 0 Å². The molecule has 98 valence electrons. The maximum absolute atomic E-state index is 11.5. The van der Waals surface area contributed by atoms with Crippen LogP contribution in [0, 0.1) is 0 Å². The number of hydrogen-bond donors (Lipinski definition) is 1. The summed E-state index contributed by atoms with van der Waals surface area (Å²) in [4.78, 5) is 15.4. The molecule has 1 heterocycles. The molecule has 0 aliphatic heterocycles. The van der Waals surface area contributed by atoms with Gasteiger partial charge in [-0.2, -0.15) is 0 Å². The number of carbonyl (C=O) groups is 1. The Labute approximate surface area is 112 Å². The second-order valence-electron chi connectivity index (χ2n) is 4.09. The number of amides is 1. The molecule has 0 saturated carbocycles. The molecule has 0 bridgehead atoms. The number of aromatic nitrogens is 1. The van der Waals surface area contributed by atoms with Gasteiger partial charge in [0.05, 0.1) is 18.5 Å². The summed E-state index contributed by atoms with van der Waals surface area (Å²) in [5.74, 6) is 0. The van der Waals surface area contributed by atoms with Crippen molar-refractivity contribution < 1.29 is 9.53 Å². The number of benzene rings is 1. The smallest absolute Gasteiger partial charge is 0.411 e. The van der Waals surface area contributed by atoms with E-state index in [-0.39, 0.29) is 0 Å². The van der Waals surface area contributed by atoms with E-state index in [0.717, 1.165) is 12.8 Å². The molecule has 1 N–H and O–H groups in total. The van der Waals surface area contributed by atoms with Crippen molar-refractivity contribution >= 4 is 11.8 Å². The Balaban J connectivity index is 1.65. The Morgan fingerprint density at radius 1 is 1.16 bits per heavy atom. The molecule has 0 fully saturated rings. The van der Waals surface area contributed by atoms with Gasteiger partial charge in [0.1, 0.15) is 0 Å². The number of anilines is 1. The number of aryl methyl sites for hydroxylation is 1. The van der Waals surface area contributed by atoms with Crippen LogP contribution in [0.15, 0.2) is 54.9 Å². The maximum atomic E-state index is 11.5. The highest BCUT2D eigenvalue weighted by molar-refractivity contribution is 5.84. The first-order valence-corrected chi connectivity index (χ1v) is 6.22. The number of nitrogens with zero attached hydrogens (tertiary/aromatic N) is 1. The third-order valence-corrected chi connectivity index (χ3v) is 2.59. The number of hydrogen-bond acceptors (Lipinski definition) is 3. The van der Waals surface area contributed by atoms with Crippen LogP contribution in [0.5, 0.6) is 0 Å². The van der Waals surface area contributed by atoms with Crippen LogP contribution in [0.4, 0.5) is 10.5 Å². The summed E-state index contributed by atoms with van der Waals surface area (Å²) in [7, 11) is 0. The monoisotopic (exact) mass is 256 g/mol. The van der Waals surface area contributed by atoms with Crippen molar-refractivity contribution in [3.8, 4) is 0 Å². The Morgan fingerprint density at radius 3 is 2.74 bits per heavy atom. The molecule has 0 spiro atoms. The van der Waals surface area contributed by atoms with Crippen molar-refractivity contribution in [2.75, 3.05) is 11.9 Å². The van der Waals surface area contributed by atoms with Crippen LogP contribution in [-0.4, -0.2) is 17.7 Å². The second-order valence-corrected chi connectivity index (χ2v) is 4.09. The Bertz CT molecular complexity index is 500. The van der Waals surface area contributed by atoms with Gasteiger partial charge in [-0.25, -0.2) is 4.79 Å². The highest BCUT2D eigenvalue weighted by Gasteiger charge is 2.02. The van der Waals surface area contributed by atoms with Gasteiger partial charge in [0.2, 0.25) is 0 Å². The molecule has 4 nitrogen and oxygen atoms in total. The molecule has 1 amide bonds. The van der Waals surface area contributed by atoms with Crippen molar-refractivity contribution in [2.45, 2.75) is 12.8 Å². The summed E-state index contributed by atoms with van der Waals surface area (Å²) < 4.78 is 5.09. The van der Waals surface area contributed by atoms with Gasteiger partial charge in [-0.15, -0.1) is 0 Å². The molecule has 0 unspecified atom stereocenters. The van der Waals surface area contributed by atoms with E-state index in [1.807, 2.05) is 18.2 Å². The third-order valence-electron chi connectivity index (χ3n) is 2.59. The van der Waals surface area contributed by atoms with Gasteiger partial charge >= 0.3 is 6.09 Å². The molecular formula is C15H16N2O2. The second kappa shape index (κ2) is 7.16. The molecule has 1 aromatic carbocycles. The fraction of sp³-hybridized carbons (Fsp3) is 0.200. The molecule has 19 heavy (non-hydrogen) atoms. The number of nitrogens with one attached hydrogen (secondary N) is 1. The quantitative estimate of drug-likeness (QED) is 0.835. The number of pyridine rings is 1. The maximum Gasteiger partial charge on any atom is 0.411 e. The minimum Gasteiger partial charge on any atom is -0.449 e. The molecule has 0 aliphatic rings. The lowest BCUT2D eigenvalue weighted by Crippen LogP contribution is -2.14. The van der Waals surface area contributed by atoms with Gasteiger partial charge in [0.15, 0.2) is 0 Å². The van der Waals surface area contributed by atoms with Crippen LogP contribution in [0.1, 0.15) is 12.0 Å². The lowest BCUT2D eigenvalue weighted by atomic mass is 10.1. The summed E-state index contributed by atoms with van der Waals surface area (Å²) in [6, 6.07) is 13.6. The van der Waals surface area contributed by atoms with E-state index in [1.54, 1.807) is 24.5 Å². The van der Waals surface area contributed by atoms with Crippen molar-refractivity contribution in [3.05, 3.63) is 60.4 Å². The Hall–Kier alpha value is -2.36. The average Bonchev–Trinajstić information content (AvgIpc) is 2.46. The first-order valence-electron chi connectivity index (χ1n) is 6.22. The largest absolute Gasteiger partial charge is 0.449 e. The van der Waals surface area contributed by atoms with Crippen LogP contribution in [-0.2, 0) is 11.2 Å². The number of rotatable bonds is 5. The van der Waals surface area contributed by atoms with E-state index in [2.05, 4.69) is 22.4 Å². The van der Waals surface area contributed by atoms with Crippen LogP contribution in [0.3, 0.4) is 0 Å². The predicted octanol–water partition coefficient (Wildman–Crippen LogP) is 3.26. The van der Waals surface area contributed by atoms with Crippen LogP contribution >= 0.6 is 0 Å². The van der Waals surface area contributed by atoms with E-state index in [4.69, 9.17) is 4.74 Å². The highest BCUT2D eigenvalue weighted by atomic mass is 16.5. The van der Waals surface area contributed by atoms with E-state index in [9.17, 15) is 4.79 Å². The molecule has 0 radical (unpaired) electrons. The zero-order valence-corrected chi connectivity index (χ0v) is 10.6. The molecule has 2 aromatic rings. The number of carbonyl (C=O) groups excluding carboxylic acids is 1. The molecule has 0 saturated heterocycles. The molecule has 1 aromatic heterocycles. The van der Waals surface area contributed by atoms with Crippen LogP contribution < -0.4 is 5.32 Å². The lowest BCUT2D eigenvalue weighted by Gasteiger charge is -2.06. The Kier molecular flexibility index (Phi) is 4.93. The van der Waals surface area contributed by atoms with Crippen molar-refractivity contribution in [1.29, 1.82) is 0 Å². The summed E-state index contributed by atoms with van der Waals surface area (Å²) in [5, 5.41) is 2.62. The van der Waals surface area contributed by atoms with Crippen molar-refractivity contribution in [1.82, 2.24) is 4.98 Å². The van der Waals surface area contributed by atoms with Gasteiger partial charge in [-0.1, -0.05) is 30.3 Å². The first kappa shape index (κ1) is 13.1. The SMILES string of the molecule is O=C(Nc1cccnc1)OCCCc1ccccc1. The van der Waals surface area contributed by atoms with Crippen LogP contribution in [0.2, 0.25) is 0 Å². The standard InChI is InChI=1S/C15H16N2O2/c18-15(17-14-9-4-10-16-12-14)19-11-5-8-13-6-2-1-3-7-13/h1-4,6-7,9-10,12H,5,8,11H2,(H,17,18). The van der Waals surface area contributed by atoms with Gasteiger partial charge < -0.3 is 4.74 Å². The molecule has 4 heteroatoms. The summed E-state index contributed by atoms with van der Waals surface area (Å²) in [6.45, 7) is 0.404. The molecular weight excluding hydrogens is 240 g/mol. The van der Waals surface area contributed by atoms with E-state index in [0.29, 0.717) is 12.3 Å². The zero-order chi connectivity index (χ0) is 13.3. The van der Waals surface area contributed by atoms with Gasteiger partial charge in [0.25, 0.3) is 0 Å². The van der Waals surface area contributed by atoms with Gasteiger partial charge in [-0.05, 0) is 30.5 Å². The summed E-state index contributed by atoms with van der Waals surface area (Å²) >= 11 is 0. The highest BCUT2D eigenvalue weighted by Crippen LogP contribution is 2.05. The normalized spacial score (nSPS) is 9.89. The van der Waals surface area contributed by atoms with Gasteiger partial charge in [-0.3, -0.25) is 10.3 Å². The molecule has 0 aliphatic carbocycles.